The first kappa shape index (κ1) is 17.5. The van der Waals surface area contributed by atoms with Gasteiger partial charge in [0.05, 0.1) is 5.69 Å². The molecular weight excluding hydrogens is 358 g/mol. The van der Waals surface area contributed by atoms with Crippen LogP contribution in [0.1, 0.15) is 23.9 Å². The summed E-state index contributed by atoms with van der Waals surface area (Å²) in [5.41, 5.74) is 4.47. The third kappa shape index (κ3) is 3.64. The minimum Gasteiger partial charge on any atom is -0.269 e. The molecule has 4 aromatic rings. The number of aryl methyl sites for hydroxylation is 2. The Morgan fingerprint density at radius 1 is 1.11 bits per heavy atom. The second-order valence-corrected chi connectivity index (χ2v) is 7.19. The van der Waals surface area contributed by atoms with Crippen molar-refractivity contribution >= 4 is 17.4 Å². The molecule has 3 heterocycles. The molecular formula is C20H19N5OS. The highest BCUT2D eigenvalue weighted by atomic mass is 32.2. The highest BCUT2D eigenvalue weighted by molar-refractivity contribution is 7.98. The van der Waals surface area contributed by atoms with E-state index in [9.17, 15) is 4.79 Å². The summed E-state index contributed by atoms with van der Waals surface area (Å²) in [6.45, 7) is 4.03. The molecule has 4 rings (SSSR count). The van der Waals surface area contributed by atoms with E-state index in [0.717, 1.165) is 23.5 Å². The molecule has 0 spiro atoms. The number of thioether (sulfide) groups is 1. The van der Waals surface area contributed by atoms with E-state index in [4.69, 9.17) is 0 Å². The second kappa shape index (κ2) is 7.36. The third-order valence-electron chi connectivity index (χ3n) is 4.38. The number of fused-ring (bicyclic) bond motifs is 1. The average molecular weight is 377 g/mol. The molecule has 0 unspecified atom stereocenters. The fourth-order valence-electron chi connectivity index (χ4n) is 2.91. The number of nitrogens with zero attached hydrogens (tertiary/aromatic N) is 4. The fraction of sp³-hybridized carbons (Fsp3) is 0.200. The molecule has 0 amide bonds. The predicted octanol–water partition coefficient (Wildman–Crippen LogP) is 3.64. The van der Waals surface area contributed by atoms with Crippen molar-refractivity contribution in [2.75, 3.05) is 0 Å². The number of benzene rings is 1. The zero-order chi connectivity index (χ0) is 18.8. The van der Waals surface area contributed by atoms with Crippen LogP contribution in [0.3, 0.4) is 0 Å². The number of hydrogen-bond acceptors (Lipinski definition) is 5. The van der Waals surface area contributed by atoms with Gasteiger partial charge < -0.3 is 0 Å². The summed E-state index contributed by atoms with van der Waals surface area (Å²) in [5.74, 6) is 1.27. The average Bonchev–Trinajstić information content (AvgIpc) is 3.15. The lowest BCUT2D eigenvalue weighted by Crippen LogP contribution is -2.17. The van der Waals surface area contributed by atoms with Crippen molar-refractivity contribution in [1.29, 1.82) is 0 Å². The molecule has 0 fully saturated rings. The van der Waals surface area contributed by atoms with Crippen LogP contribution in [0.2, 0.25) is 0 Å². The molecule has 1 N–H and O–H groups in total. The molecule has 0 aliphatic heterocycles. The number of pyridine rings is 1. The number of hydrogen-bond donors (Lipinski definition) is 1. The van der Waals surface area contributed by atoms with Crippen molar-refractivity contribution in [3.63, 3.8) is 0 Å². The molecule has 136 valence electrons. The highest BCUT2D eigenvalue weighted by Gasteiger charge is 2.09. The molecule has 27 heavy (non-hydrogen) atoms. The molecule has 3 aromatic heterocycles. The number of nitrogens with one attached hydrogen (secondary N) is 1. The first-order chi connectivity index (χ1) is 13.1. The van der Waals surface area contributed by atoms with E-state index in [2.05, 4.69) is 39.2 Å². The third-order valence-corrected chi connectivity index (χ3v) is 5.26. The minimum absolute atomic E-state index is 0.0691. The molecule has 0 aliphatic carbocycles. The molecule has 0 bridgehead atoms. The van der Waals surface area contributed by atoms with E-state index in [-0.39, 0.29) is 5.56 Å². The standard InChI is InChI=1S/C20H19N5OS/c1-3-14-7-9-15(10-8-14)19-22-20(24-23-19)27-12-16-11-18(26)25-13(2)5-4-6-17(25)21-16/h4-11H,3,12H2,1-2H3,(H,22,23,24). The van der Waals surface area contributed by atoms with Crippen LogP contribution in [0.5, 0.6) is 0 Å². The lowest BCUT2D eigenvalue weighted by atomic mass is 10.1. The quantitative estimate of drug-likeness (QED) is 0.537. The maximum absolute atomic E-state index is 12.3. The second-order valence-electron chi connectivity index (χ2n) is 6.25. The van der Waals surface area contributed by atoms with E-state index >= 15 is 0 Å². The van der Waals surface area contributed by atoms with E-state index in [1.807, 2.05) is 37.3 Å². The Morgan fingerprint density at radius 2 is 1.93 bits per heavy atom. The fourth-order valence-corrected chi connectivity index (χ4v) is 3.61. The van der Waals surface area contributed by atoms with Gasteiger partial charge in [-0.05, 0) is 31.0 Å². The molecule has 0 atom stereocenters. The number of rotatable bonds is 5. The minimum atomic E-state index is -0.0691. The van der Waals surface area contributed by atoms with Crippen LogP contribution in [0, 0.1) is 6.92 Å². The van der Waals surface area contributed by atoms with Crippen LogP contribution < -0.4 is 5.56 Å². The summed E-state index contributed by atoms with van der Waals surface area (Å²) in [5, 5.41) is 7.88. The van der Waals surface area contributed by atoms with Gasteiger partial charge >= 0.3 is 0 Å². The first-order valence-electron chi connectivity index (χ1n) is 8.77. The Hall–Kier alpha value is -2.93. The zero-order valence-electron chi connectivity index (χ0n) is 15.1. The molecule has 0 saturated heterocycles. The summed E-state index contributed by atoms with van der Waals surface area (Å²) < 4.78 is 1.61. The van der Waals surface area contributed by atoms with Gasteiger partial charge in [0.2, 0.25) is 5.16 Å². The number of aromatic amines is 1. The van der Waals surface area contributed by atoms with Crippen molar-refractivity contribution in [2.24, 2.45) is 0 Å². The smallest absolute Gasteiger partial charge is 0.258 e. The summed E-state index contributed by atoms with van der Waals surface area (Å²) in [6, 6.07) is 15.5. The molecule has 7 heteroatoms. The zero-order valence-corrected chi connectivity index (χ0v) is 16.0. The Bertz CT molecular complexity index is 1150. The Labute approximate surface area is 160 Å². The van der Waals surface area contributed by atoms with Crippen molar-refractivity contribution in [3.8, 4) is 11.4 Å². The molecule has 0 aliphatic rings. The van der Waals surface area contributed by atoms with Gasteiger partial charge in [0.1, 0.15) is 5.65 Å². The van der Waals surface area contributed by atoms with Crippen LogP contribution in [0.15, 0.2) is 58.5 Å². The van der Waals surface area contributed by atoms with Crippen molar-refractivity contribution in [1.82, 2.24) is 24.6 Å². The van der Waals surface area contributed by atoms with Crippen molar-refractivity contribution in [3.05, 3.63) is 75.8 Å². The lowest BCUT2D eigenvalue weighted by molar-refractivity contribution is 0.958. The Balaban J connectivity index is 1.51. The van der Waals surface area contributed by atoms with Gasteiger partial charge in [0.15, 0.2) is 5.82 Å². The van der Waals surface area contributed by atoms with Gasteiger partial charge in [-0.3, -0.25) is 14.3 Å². The highest BCUT2D eigenvalue weighted by Crippen LogP contribution is 2.22. The Kier molecular flexibility index (Phi) is 4.77. The van der Waals surface area contributed by atoms with Gasteiger partial charge in [-0.15, -0.1) is 5.10 Å². The van der Waals surface area contributed by atoms with Crippen LogP contribution in [-0.4, -0.2) is 24.6 Å². The van der Waals surface area contributed by atoms with Crippen LogP contribution in [0.25, 0.3) is 17.0 Å². The molecule has 0 radical (unpaired) electrons. The van der Waals surface area contributed by atoms with Crippen LogP contribution in [0.4, 0.5) is 0 Å². The Morgan fingerprint density at radius 3 is 2.70 bits per heavy atom. The largest absolute Gasteiger partial charge is 0.269 e. The predicted molar refractivity (Wildman–Crippen MR) is 107 cm³/mol. The normalized spacial score (nSPS) is 11.2. The van der Waals surface area contributed by atoms with Gasteiger partial charge in [-0.2, -0.15) is 0 Å². The van der Waals surface area contributed by atoms with E-state index in [1.54, 1.807) is 10.5 Å². The van der Waals surface area contributed by atoms with Gasteiger partial charge in [-0.25, -0.2) is 9.97 Å². The maximum atomic E-state index is 12.3. The van der Waals surface area contributed by atoms with Gasteiger partial charge in [0, 0.05) is 23.1 Å². The SMILES string of the molecule is CCc1ccc(-c2nc(SCc3cc(=O)n4c(C)cccc4n3)n[nH]2)cc1. The number of aromatic nitrogens is 5. The first-order valence-corrected chi connectivity index (χ1v) is 9.75. The van der Waals surface area contributed by atoms with Gasteiger partial charge in [-0.1, -0.05) is 49.0 Å². The lowest BCUT2D eigenvalue weighted by Gasteiger charge is -2.05. The van der Waals surface area contributed by atoms with Crippen molar-refractivity contribution < 1.29 is 0 Å². The summed E-state index contributed by atoms with van der Waals surface area (Å²) in [4.78, 5) is 21.5. The maximum Gasteiger partial charge on any atom is 0.258 e. The molecule has 0 saturated carbocycles. The van der Waals surface area contributed by atoms with Crippen LogP contribution in [-0.2, 0) is 12.2 Å². The summed E-state index contributed by atoms with van der Waals surface area (Å²) >= 11 is 1.45. The summed E-state index contributed by atoms with van der Waals surface area (Å²) in [6.07, 6.45) is 1.01. The summed E-state index contributed by atoms with van der Waals surface area (Å²) in [7, 11) is 0. The van der Waals surface area contributed by atoms with Gasteiger partial charge in [0.25, 0.3) is 5.56 Å². The van der Waals surface area contributed by atoms with E-state index in [1.165, 1.54) is 17.3 Å². The topological polar surface area (TPSA) is 75.9 Å². The van der Waals surface area contributed by atoms with Crippen molar-refractivity contribution in [2.45, 2.75) is 31.2 Å². The molecule has 6 nitrogen and oxygen atoms in total. The van der Waals surface area contributed by atoms with Crippen LogP contribution >= 0.6 is 11.8 Å². The monoisotopic (exact) mass is 377 g/mol. The molecule has 1 aromatic carbocycles. The van der Waals surface area contributed by atoms with E-state index < -0.39 is 0 Å². The van der Waals surface area contributed by atoms with E-state index in [0.29, 0.717) is 22.3 Å². The number of H-pyrrole nitrogens is 1.